The number of thiophene rings is 1. The van der Waals surface area contributed by atoms with Gasteiger partial charge in [-0.3, -0.25) is 0 Å². The predicted molar refractivity (Wildman–Crippen MR) is 64.2 cm³/mol. The highest BCUT2D eigenvalue weighted by atomic mass is 32.1. The molecule has 0 aliphatic carbocycles. The molecule has 102 valence electrons. The summed E-state index contributed by atoms with van der Waals surface area (Å²) in [5.41, 5.74) is -0.791. The Balaban J connectivity index is 2.77. The highest BCUT2D eigenvalue weighted by Crippen LogP contribution is 2.42. The van der Waals surface area contributed by atoms with E-state index in [1.54, 1.807) is 0 Å². The largest absolute Gasteiger partial charge is 0.479 e. The fourth-order valence-corrected chi connectivity index (χ4v) is 3.16. The molecule has 1 aromatic heterocycles. The van der Waals surface area contributed by atoms with Gasteiger partial charge in [-0.1, -0.05) is 12.1 Å². The Labute approximate surface area is 109 Å². The lowest BCUT2D eigenvalue weighted by Crippen LogP contribution is -2.11. The molecule has 1 aromatic carbocycles. The number of benzene rings is 1. The molecule has 1 heterocycles. The van der Waals surface area contributed by atoms with Gasteiger partial charge in [-0.2, -0.15) is 13.2 Å². The summed E-state index contributed by atoms with van der Waals surface area (Å²) in [6.45, 7) is 1.49. The van der Waals surface area contributed by atoms with Crippen molar-refractivity contribution in [1.82, 2.24) is 0 Å². The van der Waals surface area contributed by atoms with Crippen LogP contribution in [0, 0.1) is 6.92 Å². The number of carbonyl (C=O) groups is 1. The number of carboxylic acids is 1. The molecule has 0 saturated heterocycles. The summed E-state index contributed by atoms with van der Waals surface area (Å²) in [7, 11) is 0. The Morgan fingerprint density at radius 2 is 2.00 bits per heavy atom. The van der Waals surface area contributed by atoms with Gasteiger partial charge in [-0.05, 0) is 18.4 Å². The monoisotopic (exact) mass is 290 g/mol. The number of aliphatic hydroxyl groups is 1. The van der Waals surface area contributed by atoms with E-state index < -0.39 is 23.8 Å². The Morgan fingerprint density at radius 3 is 2.53 bits per heavy atom. The summed E-state index contributed by atoms with van der Waals surface area (Å²) < 4.78 is 38.5. The Hall–Kier alpha value is -1.60. The van der Waals surface area contributed by atoms with Gasteiger partial charge in [-0.25, -0.2) is 4.79 Å². The topological polar surface area (TPSA) is 57.5 Å². The van der Waals surface area contributed by atoms with E-state index in [4.69, 9.17) is 5.11 Å². The average Bonchev–Trinajstić information content (AvgIpc) is 2.61. The summed E-state index contributed by atoms with van der Waals surface area (Å²) in [6, 6.07) is 3.53. The van der Waals surface area contributed by atoms with Gasteiger partial charge in [0, 0.05) is 15.1 Å². The van der Waals surface area contributed by atoms with Crippen LogP contribution in [0.4, 0.5) is 13.2 Å². The van der Waals surface area contributed by atoms with E-state index in [2.05, 4.69) is 0 Å². The van der Waals surface area contributed by atoms with Crippen molar-refractivity contribution >= 4 is 27.4 Å². The molecule has 1 unspecified atom stereocenters. The van der Waals surface area contributed by atoms with Gasteiger partial charge in [0.15, 0.2) is 6.10 Å². The molecule has 0 aliphatic heterocycles. The van der Waals surface area contributed by atoms with E-state index in [0.29, 0.717) is 4.88 Å². The lowest BCUT2D eigenvalue weighted by atomic mass is 10.0. The van der Waals surface area contributed by atoms with Gasteiger partial charge in [0.2, 0.25) is 0 Å². The summed E-state index contributed by atoms with van der Waals surface area (Å²) >= 11 is 0.835. The number of halogens is 3. The SMILES string of the molecule is Cc1sc2c(C(F)(F)F)cccc2c1C(O)C(=O)O. The number of aliphatic hydroxyl groups excluding tert-OH is 1. The molecule has 2 N–H and O–H groups in total. The molecule has 0 amide bonds. The van der Waals surface area contributed by atoms with Crippen molar-refractivity contribution in [1.29, 1.82) is 0 Å². The van der Waals surface area contributed by atoms with Crippen LogP contribution in [0.15, 0.2) is 18.2 Å². The molecule has 3 nitrogen and oxygen atoms in total. The second-order valence-electron chi connectivity index (χ2n) is 3.99. The standard InChI is InChI=1S/C12H9F3O3S/c1-5-8(9(16)11(17)18)6-3-2-4-7(10(6)19-5)12(13,14)15/h2-4,9,16H,1H3,(H,17,18). The Morgan fingerprint density at radius 1 is 1.37 bits per heavy atom. The van der Waals surface area contributed by atoms with Crippen LogP contribution in [0.25, 0.3) is 10.1 Å². The minimum atomic E-state index is -4.51. The van der Waals surface area contributed by atoms with Gasteiger partial charge >= 0.3 is 12.1 Å². The number of fused-ring (bicyclic) bond motifs is 1. The molecule has 0 bridgehead atoms. The zero-order valence-corrected chi connectivity index (χ0v) is 10.5. The van der Waals surface area contributed by atoms with Crippen molar-refractivity contribution in [3.63, 3.8) is 0 Å². The van der Waals surface area contributed by atoms with E-state index in [-0.39, 0.29) is 15.6 Å². The maximum atomic E-state index is 12.8. The number of alkyl halides is 3. The minimum Gasteiger partial charge on any atom is -0.479 e. The number of aryl methyl sites for hydroxylation is 1. The second kappa shape index (κ2) is 4.50. The minimum absolute atomic E-state index is 0.0265. The molecule has 0 saturated carbocycles. The first kappa shape index (κ1) is 13.8. The summed E-state index contributed by atoms with van der Waals surface area (Å²) in [5.74, 6) is -1.49. The van der Waals surface area contributed by atoms with Gasteiger partial charge in [0.25, 0.3) is 0 Å². The third-order valence-electron chi connectivity index (χ3n) is 2.75. The van der Waals surface area contributed by atoms with Crippen LogP contribution in [0.5, 0.6) is 0 Å². The number of rotatable bonds is 2. The molecule has 1 atom stereocenters. The van der Waals surface area contributed by atoms with Crippen molar-refractivity contribution in [3.05, 3.63) is 34.2 Å². The Kier molecular flexibility index (Phi) is 3.27. The third kappa shape index (κ3) is 2.31. The lowest BCUT2D eigenvalue weighted by molar-refractivity contribution is -0.146. The quantitative estimate of drug-likeness (QED) is 0.891. The van der Waals surface area contributed by atoms with Crippen molar-refractivity contribution in [3.8, 4) is 0 Å². The lowest BCUT2D eigenvalue weighted by Gasteiger charge is -2.09. The zero-order valence-electron chi connectivity index (χ0n) is 9.65. The summed E-state index contributed by atoms with van der Waals surface area (Å²) in [4.78, 5) is 11.2. The van der Waals surface area contributed by atoms with Gasteiger partial charge in [0.05, 0.1) is 5.56 Å². The van der Waals surface area contributed by atoms with Crippen LogP contribution in [0.3, 0.4) is 0 Å². The number of carboxylic acid groups (broad SMARTS) is 1. The molecular formula is C12H9F3O3S. The highest BCUT2D eigenvalue weighted by molar-refractivity contribution is 7.19. The van der Waals surface area contributed by atoms with Crippen molar-refractivity contribution in [2.75, 3.05) is 0 Å². The number of aliphatic carboxylic acids is 1. The van der Waals surface area contributed by atoms with Gasteiger partial charge < -0.3 is 10.2 Å². The van der Waals surface area contributed by atoms with E-state index in [1.165, 1.54) is 19.1 Å². The predicted octanol–water partition coefficient (Wildman–Crippen LogP) is 3.35. The molecular weight excluding hydrogens is 281 g/mol. The van der Waals surface area contributed by atoms with E-state index in [9.17, 15) is 23.1 Å². The molecule has 0 radical (unpaired) electrons. The maximum Gasteiger partial charge on any atom is 0.417 e. The van der Waals surface area contributed by atoms with Crippen LogP contribution in [0.2, 0.25) is 0 Å². The molecule has 7 heteroatoms. The van der Waals surface area contributed by atoms with Gasteiger partial charge in [-0.15, -0.1) is 11.3 Å². The first-order valence-electron chi connectivity index (χ1n) is 5.23. The van der Waals surface area contributed by atoms with E-state index in [0.717, 1.165) is 17.4 Å². The van der Waals surface area contributed by atoms with Crippen LogP contribution in [-0.4, -0.2) is 16.2 Å². The molecule has 0 fully saturated rings. The molecule has 0 spiro atoms. The van der Waals surface area contributed by atoms with Crippen molar-refractivity contribution in [2.24, 2.45) is 0 Å². The third-order valence-corrected chi connectivity index (χ3v) is 3.92. The number of hydrogen-bond acceptors (Lipinski definition) is 3. The number of hydrogen-bond donors (Lipinski definition) is 2. The molecule has 2 rings (SSSR count). The second-order valence-corrected chi connectivity index (χ2v) is 5.22. The van der Waals surface area contributed by atoms with Crippen LogP contribution >= 0.6 is 11.3 Å². The summed E-state index contributed by atoms with van der Waals surface area (Å²) in [5, 5.41) is 18.5. The van der Waals surface area contributed by atoms with Crippen molar-refractivity contribution < 1.29 is 28.2 Å². The maximum absolute atomic E-state index is 12.8. The molecule has 2 aromatic rings. The first-order valence-corrected chi connectivity index (χ1v) is 6.05. The highest BCUT2D eigenvalue weighted by Gasteiger charge is 2.34. The smallest absolute Gasteiger partial charge is 0.417 e. The fraction of sp³-hybridized carbons (Fsp3) is 0.250. The normalized spacial score (nSPS) is 13.7. The average molecular weight is 290 g/mol. The van der Waals surface area contributed by atoms with E-state index >= 15 is 0 Å². The van der Waals surface area contributed by atoms with Crippen LogP contribution in [-0.2, 0) is 11.0 Å². The van der Waals surface area contributed by atoms with Crippen molar-refractivity contribution in [2.45, 2.75) is 19.2 Å². The molecule has 0 aliphatic rings. The first-order chi connectivity index (χ1) is 8.73. The van der Waals surface area contributed by atoms with Gasteiger partial charge in [0.1, 0.15) is 0 Å². The summed E-state index contributed by atoms with van der Waals surface area (Å²) in [6.07, 6.45) is -6.33. The van der Waals surface area contributed by atoms with Crippen LogP contribution in [0.1, 0.15) is 22.1 Å². The molecule has 19 heavy (non-hydrogen) atoms. The van der Waals surface area contributed by atoms with Crippen LogP contribution < -0.4 is 0 Å². The fourth-order valence-electron chi connectivity index (χ4n) is 1.94. The Bertz CT molecular complexity index is 645. The zero-order chi connectivity index (χ0) is 14.4. The van der Waals surface area contributed by atoms with E-state index in [1.807, 2.05) is 0 Å².